The molecule has 1 unspecified atom stereocenters. The number of halogens is 1. The molecule has 0 radical (unpaired) electrons. The first-order chi connectivity index (χ1) is 9.37. The van der Waals surface area contributed by atoms with Gasteiger partial charge in [-0.1, -0.05) is 29.8 Å². The predicted molar refractivity (Wildman–Crippen MR) is 87.3 cm³/mol. The van der Waals surface area contributed by atoms with Crippen molar-refractivity contribution >= 4 is 15.9 Å². The topological polar surface area (TPSA) is 24.5 Å². The van der Waals surface area contributed by atoms with Crippen LogP contribution in [0.1, 0.15) is 31.9 Å². The maximum atomic E-state index is 5.74. The molecule has 3 nitrogen and oxygen atoms in total. The number of hydrogen-bond donors (Lipinski definition) is 1. The van der Waals surface area contributed by atoms with Gasteiger partial charge in [-0.2, -0.15) is 0 Å². The highest BCUT2D eigenvalue weighted by Gasteiger charge is 2.25. The Bertz CT molecular complexity index is 460. The highest BCUT2D eigenvalue weighted by Crippen LogP contribution is 2.34. The van der Waals surface area contributed by atoms with Gasteiger partial charge in [0.1, 0.15) is 5.75 Å². The SMILES string of the molecule is CN(C)CC(C)(C)CNC1CCOc2ccc(Br)cc21. The Hall–Kier alpha value is -0.580. The van der Waals surface area contributed by atoms with Crippen molar-refractivity contribution in [3.05, 3.63) is 28.2 Å². The van der Waals surface area contributed by atoms with E-state index in [1.54, 1.807) is 0 Å². The fraction of sp³-hybridized carbons (Fsp3) is 0.625. The number of nitrogens with zero attached hydrogens (tertiary/aromatic N) is 1. The summed E-state index contributed by atoms with van der Waals surface area (Å²) in [5.74, 6) is 1.02. The molecule has 0 bridgehead atoms. The van der Waals surface area contributed by atoms with Crippen LogP contribution < -0.4 is 10.1 Å². The molecule has 0 saturated heterocycles. The fourth-order valence-corrected chi connectivity index (χ4v) is 3.27. The molecule has 2 rings (SSSR count). The van der Waals surface area contributed by atoms with Crippen LogP contribution in [-0.4, -0.2) is 38.7 Å². The zero-order chi connectivity index (χ0) is 14.8. The second kappa shape index (κ2) is 6.46. The van der Waals surface area contributed by atoms with E-state index < -0.39 is 0 Å². The first kappa shape index (κ1) is 15.8. The average Bonchev–Trinajstić information content (AvgIpc) is 2.35. The Kier molecular flexibility index (Phi) is 5.10. The third kappa shape index (κ3) is 4.21. The van der Waals surface area contributed by atoms with Crippen LogP contribution in [0.5, 0.6) is 5.75 Å². The first-order valence-corrected chi connectivity index (χ1v) is 7.97. The molecule has 0 aliphatic carbocycles. The minimum absolute atomic E-state index is 0.258. The minimum Gasteiger partial charge on any atom is -0.493 e. The molecule has 1 aromatic rings. The van der Waals surface area contributed by atoms with Crippen LogP contribution in [0.25, 0.3) is 0 Å². The van der Waals surface area contributed by atoms with Gasteiger partial charge in [0.15, 0.2) is 0 Å². The molecule has 0 spiro atoms. The molecule has 1 heterocycles. The van der Waals surface area contributed by atoms with Crippen LogP contribution >= 0.6 is 15.9 Å². The second-order valence-electron chi connectivity index (χ2n) is 6.65. The maximum absolute atomic E-state index is 5.74. The largest absolute Gasteiger partial charge is 0.493 e. The van der Waals surface area contributed by atoms with E-state index in [1.165, 1.54) is 5.56 Å². The monoisotopic (exact) mass is 340 g/mol. The molecule has 1 aliphatic heterocycles. The van der Waals surface area contributed by atoms with Gasteiger partial charge < -0.3 is 15.0 Å². The Morgan fingerprint density at radius 2 is 2.15 bits per heavy atom. The van der Waals surface area contributed by atoms with Gasteiger partial charge in [0.05, 0.1) is 6.61 Å². The lowest BCUT2D eigenvalue weighted by atomic mass is 9.91. The van der Waals surface area contributed by atoms with Crippen LogP contribution in [0.2, 0.25) is 0 Å². The molecule has 0 amide bonds. The number of nitrogens with one attached hydrogen (secondary N) is 1. The molecule has 1 N–H and O–H groups in total. The summed E-state index contributed by atoms with van der Waals surface area (Å²) in [6.45, 7) is 7.49. The van der Waals surface area contributed by atoms with Crippen LogP contribution in [0.4, 0.5) is 0 Å². The molecule has 112 valence electrons. The molecule has 0 saturated carbocycles. The molecule has 0 fully saturated rings. The van der Waals surface area contributed by atoms with E-state index in [4.69, 9.17) is 4.74 Å². The van der Waals surface area contributed by atoms with Gasteiger partial charge in [0.2, 0.25) is 0 Å². The summed E-state index contributed by atoms with van der Waals surface area (Å²) in [7, 11) is 4.26. The van der Waals surface area contributed by atoms with E-state index in [0.717, 1.165) is 36.3 Å². The van der Waals surface area contributed by atoms with E-state index in [0.29, 0.717) is 6.04 Å². The van der Waals surface area contributed by atoms with Gasteiger partial charge in [-0.05, 0) is 37.7 Å². The van der Waals surface area contributed by atoms with E-state index in [2.05, 4.69) is 66.2 Å². The van der Waals surface area contributed by atoms with Gasteiger partial charge in [-0.15, -0.1) is 0 Å². The van der Waals surface area contributed by atoms with E-state index in [1.807, 2.05) is 6.07 Å². The van der Waals surface area contributed by atoms with E-state index >= 15 is 0 Å². The summed E-state index contributed by atoms with van der Waals surface area (Å²) in [4.78, 5) is 2.25. The summed E-state index contributed by atoms with van der Waals surface area (Å²) >= 11 is 3.55. The van der Waals surface area contributed by atoms with Gasteiger partial charge in [-0.3, -0.25) is 0 Å². The van der Waals surface area contributed by atoms with Crippen molar-refractivity contribution in [3.63, 3.8) is 0 Å². The lowest BCUT2D eigenvalue weighted by molar-refractivity contribution is 0.205. The highest BCUT2D eigenvalue weighted by atomic mass is 79.9. The summed E-state index contributed by atoms with van der Waals surface area (Å²) in [6, 6.07) is 6.65. The van der Waals surface area contributed by atoms with Crippen molar-refractivity contribution < 1.29 is 4.74 Å². The van der Waals surface area contributed by atoms with Gasteiger partial charge in [0, 0.05) is 35.6 Å². The third-order valence-corrected chi connectivity index (χ3v) is 4.08. The van der Waals surface area contributed by atoms with E-state index in [9.17, 15) is 0 Å². The minimum atomic E-state index is 0.258. The number of hydrogen-bond acceptors (Lipinski definition) is 3. The Morgan fingerprint density at radius 3 is 2.85 bits per heavy atom. The maximum Gasteiger partial charge on any atom is 0.124 e. The van der Waals surface area contributed by atoms with Crippen molar-refractivity contribution in [2.45, 2.75) is 26.3 Å². The summed E-state index contributed by atoms with van der Waals surface area (Å²) in [5.41, 5.74) is 1.53. The van der Waals surface area contributed by atoms with Crippen LogP contribution in [0.15, 0.2) is 22.7 Å². The first-order valence-electron chi connectivity index (χ1n) is 7.18. The smallest absolute Gasteiger partial charge is 0.124 e. The Balaban J connectivity index is 2.03. The zero-order valence-electron chi connectivity index (χ0n) is 12.9. The van der Waals surface area contributed by atoms with Crippen LogP contribution in [0, 0.1) is 5.41 Å². The summed E-state index contributed by atoms with van der Waals surface area (Å²) < 4.78 is 6.85. The van der Waals surface area contributed by atoms with Crippen LogP contribution in [-0.2, 0) is 0 Å². The number of fused-ring (bicyclic) bond motifs is 1. The lowest BCUT2D eigenvalue weighted by Crippen LogP contribution is -2.40. The summed E-state index contributed by atoms with van der Waals surface area (Å²) in [6.07, 6.45) is 1.03. The standard InChI is InChI=1S/C16H25BrN2O/c1-16(2,11-19(3)4)10-18-14-7-8-20-15-6-5-12(17)9-13(14)15/h5-6,9,14,18H,7-8,10-11H2,1-4H3. The second-order valence-corrected chi connectivity index (χ2v) is 7.57. The molecule has 1 aliphatic rings. The lowest BCUT2D eigenvalue weighted by Gasteiger charge is -2.33. The van der Waals surface area contributed by atoms with Gasteiger partial charge in [0.25, 0.3) is 0 Å². The highest BCUT2D eigenvalue weighted by molar-refractivity contribution is 9.10. The molecule has 1 atom stereocenters. The quantitative estimate of drug-likeness (QED) is 0.888. The Labute approximate surface area is 130 Å². The number of rotatable bonds is 5. The molecule has 20 heavy (non-hydrogen) atoms. The third-order valence-electron chi connectivity index (χ3n) is 3.58. The molecular formula is C16H25BrN2O. The van der Waals surface area contributed by atoms with Crippen LogP contribution in [0.3, 0.4) is 0 Å². The normalized spacial score (nSPS) is 18.8. The fourth-order valence-electron chi connectivity index (χ4n) is 2.89. The Morgan fingerprint density at radius 1 is 1.40 bits per heavy atom. The predicted octanol–water partition coefficient (Wildman–Crippen LogP) is 3.45. The number of ether oxygens (including phenoxy) is 1. The number of benzene rings is 1. The van der Waals surface area contributed by atoms with Crippen molar-refractivity contribution in [3.8, 4) is 5.75 Å². The van der Waals surface area contributed by atoms with Gasteiger partial charge >= 0.3 is 0 Å². The summed E-state index contributed by atoms with van der Waals surface area (Å²) in [5, 5.41) is 3.72. The molecule has 1 aromatic carbocycles. The molecule has 0 aromatic heterocycles. The average molecular weight is 341 g/mol. The van der Waals surface area contributed by atoms with Crippen molar-refractivity contribution in [1.29, 1.82) is 0 Å². The molecule has 4 heteroatoms. The van der Waals surface area contributed by atoms with Crippen molar-refractivity contribution in [2.24, 2.45) is 5.41 Å². The molecular weight excluding hydrogens is 316 g/mol. The van der Waals surface area contributed by atoms with E-state index in [-0.39, 0.29) is 5.41 Å². The van der Waals surface area contributed by atoms with Crippen molar-refractivity contribution in [2.75, 3.05) is 33.8 Å². The zero-order valence-corrected chi connectivity index (χ0v) is 14.5. The van der Waals surface area contributed by atoms with Crippen molar-refractivity contribution in [1.82, 2.24) is 10.2 Å². The van der Waals surface area contributed by atoms with Gasteiger partial charge in [-0.25, -0.2) is 0 Å².